The zero-order chi connectivity index (χ0) is 14.5. The van der Waals surface area contributed by atoms with E-state index in [-0.39, 0.29) is 10.6 Å². The maximum Gasteiger partial charge on any atom is 0.269 e. The highest BCUT2D eigenvalue weighted by Crippen LogP contribution is 2.37. The Morgan fingerprint density at radius 1 is 1.30 bits per heavy atom. The standard InChI is InChI=1S/C16H22BrNO2/c1-2-12-6-10-16(17)14(11-12)7-3-13-4-8-15(9-5-13)18(19)20/h4-5,8-9,12,14,16H,2-3,6-7,10-11H2,1H3. The Labute approximate surface area is 129 Å². The highest BCUT2D eigenvalue weighted by molar-refractivity contribution is 9.09. The van der Waals surface area contributed by atoms with Gasteiger partial charge in [0.25, 0.3) is 5.69 Å². The van der Waals surface area contributed by atoms with E-state index in [1.54, 1.807) is 12.1 Å². The van der Waals surface area contributed by atoms with Gasteiger partial charge in [0.2, 0.25) is 0 Å². The molecule has 0 bridgehead atoms. The maximum atomic E-state index is 10.6. The fourth-order valence-electron chi connectivity index (χ4n) is 3.13. The highest BCUT2D eigenvalue weighted by Gasteiger charge is 2.27. The van der Waals surface area contributed by atoms with Gasteiger partial charge in [0.15, 0.2) is 0 Å². The number of hydrogen-bond acceptors (Lipinski definition) is 2. The number of nitro groups is 1. The van der Waals surface area contributed by atoms with Crippen LogP contribution in [0.15, 0.2) is 24.3 Å². The van der Waals surface area contributed by atoms with Crippen molar-refractivity contribution < 1.29 is 4.92 Å². The number of hydrogen-bond donors (Lipinski definition) is 0. The van der Waals surface area contributed by atoms with Crippen molar-refractivity contribution >= 4 is 21.6 Å². The lowest BCUT2D eigenvalue weighted by molar-refractivity contribution is -0.384. The number of alkyl halides is 1. The van der Waals surface area contributed by atoms with Crippen LogP contribution in [-0.2, 0) is 6.42 Å². The zero-order valence-electron chi connectivity index (χ0n) is 11.9. The van der Waals surface area contributed by atoms with Gasteiger partial charge >= 0.3 is 0 Å². The van der Waals surface area contributed by atoms with E-state index in [0.717, 1.165) is 18.3 Å². The molecule has 20 heavy (non-hydrogen) atoms. The van der Waals surface area contributed by atoms with Crippen molar-refractivity contribution in [2.24, 2.45) is 11.8 Å². The number of nitrogens with zero attached hydrogens (tertiary/aromatic N) is 1. The molecular formula is C16H22BrNO2. The molecule has 0 heterocycles. The molecule has 1 aliphatic rings. The molecule has 110 valence electrons. The van der Waals surface area contributed by atoms with Crippen LogP contribution in [0.25, 0.3) is 0 Å². The first-order valence-electron chi connectivity index (χ1n) is 7.47. The van der Waals surface area contributed by atoms with Crippen LogP contribution in [0.4, 0.5) is 5.69 Å². The molecule has 1 saturated carbocycles. The number of aryl methyl sites for hydroxylation is 1. The summed E-state index contributed by atoms with van der Waals surface area (Å²) in [5, 5.41) is 10.6. The van der Waals surface area contributed by atoms with Gasteiger partial charge in [-0.1, -0.05) is 41.4 Å². The van der Waals surface area contributed by atoms with Gasteiger partial charge in [-0.2, -0.15) is 0 Å². The van der Waals surface area contributed by atoms with Crippen molar-refractivity contribution in [1.29, 1.82) is 0 Å². The van der Waals surface area contributed by atoms with Gasteiger partial charge in [-0.15, -0.1) is 0 Å². The molecule has 3 atom stereocenters. The van der Waals surface area contributed by atoms with Crippen molar-refractivity contribution in [2.45, 2.75) is 50.3 Å². The number of rotatable bonds is 5. The highest BCUT2D eigenvalue weighted by atomic mass is 79.9. The molecule has 0 aromatic heterocycles. The van der Waals surface area contributed by atoms with Crippen LogP contribution < -0.4 is 0 Å². The van der Waals surface area contributed by atoms with E-state index < -0.39 is 0 Å². The second-order valence-corrected chi connectivity index (χ2v) is 7.00. The normalized spacial score (nSPS) is 26.4. The monoisotopic (exact) mass is 339 g/mol. The molecule has 0 spiro atoms. The fourth-order valence-corrected chi connectivity index (χ4v) is 3.87. The Hall–Kier alpha value is -0.900. The van der Waals surface area contributed by atoms with Gasteiger partial charge in [0.1, 0.15) is 0 Å². The summed E-state index contributed by atoms with van der Waals surface area (Å²) in [6.07, 6.45) is 7.42. The Morgan fingerprint density at radius 3 is 2.60 bits per heavy atom. The van der Waals surface area contributed by atoms with Crippen LogP contribution in [0, 0.1) is 22.0 Å². The third-order valence-electron chi connectivity index (χ3n) is 4.53. The van der Waals surface area contributed by atoms with Crippen molar-refractivity contribution in [2.75, 3.05) is 0 Å². The number of nitro benzene ring substituents is 1. The summed E-state index contributed by atoms with van der Waals surface area (Å²) in [6.45, 7) is 2.28. The van der Waals surface area contributed by atoms with Crippen molar-refractivity contribution in [1.82, 2.24) is 0 Å². The van der Waals surface area contributed by atoms with Gasteiger partial charge < -0.3 is 0 Å². The zero-order valence-corrected chi connectivity index (χ0v) is 13.5. The van der Waals surface area contributed by atoms with Crippen molar-refractivity contribution in [3.63, 3.8) is 0 Å². The maximum absolute atomic E-state index is 10.6. The van der Waals surface area contributed by atoms with E-state index >= 15 is 0 Å². The van der Waals surface area contributed by atoms with Crippen molar-refractivity contribution in [3.05, 3.63) is 39.9 Å². The molecular weight excluding hydrogens is 318 g/mol. The number of non-ortho nitro benzene ring substituents is 1. The SMILES string of the molecule is CCC1CCC(Br)C(CCc2ccc([N+](=O)[O-])cc2)C1. The largest absolute Gasteiger partial charge is 0.269 e. The van der Waals surface area contributed by atoms with Gasteiger partial charge in [0.05, 0.1) is 4.92 Å². The summed E-state index contributed by atoms with van der Waals surface area (Å²) in [4.78, 5) is 10.9. The average Bonchev–Trinajstić information content (AvgIpc) is 2.47. The Kier molecular flexibility index (Phi) is 5.58. The third kappa shape index (κ3) is 4.05. The van der Waals surface area contributed by atoms with E-state index in [2.05, 4.69) is 22.9 Å². The molecule has 0 aliphatic heterocycles. The van der Waals surface area contributed by atoms with Crippen LogP contribution in [0.2, 0.25) is 0 Å². The average molecular weight is 340 g/mol. The molecule has 1 fully saturated rings. The smallest absolute Gasteiger partial charge is 0.258 e. The molecule has 1 aliphatic carbocycles. The predicted molar refractivity (Wildman–Crippen MR) is 85.3 cm³/mol. The first kappa shape index (κ1) is 15.5. The van der Waals surface area contributed by atoms with Crippen LogP contribution in [0.3, 0.4) is 0 Å². The van der Waals surface area contributed by atoms with Gasteiger partial charge in [0, 0.05) is 17.0 Å². The van der Waals surface area contributed by atoms with E-state index in [0.29, 0.717) is 4.83 Å². The fraction of sp³-hybridized carbons (Fsp3) is 0.625. The molecule has 1 aromatic carbocycles. The van der Waals surface area contributed by atoms with Crippen LogP contribution in [-0.4, -0.2) is 9.75 Å². The first-order valence-corrected chi connectivity index (χ1v) is 8.39. The summed E-state index contributed by atoms with van der Waals surface area (Å²) in [6, 6.07) is 7.00. The quantitative estimate of drug-likeness (QED) is 0.424. The summed E-state index contributed by atoms with van der Waals surface area (Å²) in [5.74, 6) is 1.62. The van der Waals surface area contributed by atoms with E-state index in [1.165, 1.54) is 37.7 Å². The molecule has 0 radical (unpaired) electrons. The van der Waals surface area contributed by atoms with E-state index in [9.17, 15) is 10.1 Å². The number of benzene rings is 1. The number of halogens is 1. The molecule has 2 rings (SSSR count). The van der Waals surface area contributed by atoms with Gasteiger partial charge in [-0.3, -0.25) is 10.1 Å². The summed E-state index contributed by atoms with van der Waals surface area (Å²) < 4.78 is 0. The third-order valence-corrected chi connectivity index (χ3v) is 5.73. The van der Waals surface area contributed by atoms with Gasteiger partial charge in [-0.05, 0) is 49.5 Å². The molecule has 0 N–H and O–H groups in total. The summed E-state index contributed by atoms with van der Waals surface area (Å²) in [5.41, 5.74) is 1.38. The lowest BCUT2D eigenvalue weighted by Gasteiger charge is -2.33. The van der Waals surface area contributed by atoms with Crippen LogP contribution in [0.1, 0.15) is 44.6 Å². The molecule has 4 heteroatoms. The lowest BCUT2D eigenvalue weighted by atomic mass is 9.78. The summed E-state index contributed by atoms with van der Waals surface area (Å²) >= 11 is 3.83. The Balaban J connectivity index is 1.88. The van der Waals surface area contributed by atoms with Crippen LogP contribution >= 0.6 is 15.9 Å². The topological polar surface area (TPSA) is 43.1 Å². The van der Waals surface area contributed by atoms with E-state index in [1.807, 2.05) is 12.1 Å². The Morgan fingerprint density at radius 2 is 2.00 bits per heavy atom. The predicted octanol–water partition coefficient (Wildman–Crippen LogP) is 5.12. The molecule has 3 unspecified atom stereocenters. The minimum absolute atomic E-state index is 0.177. The Bertz CT molecular complexity index is 446. The van der Waals surface area contributed by atoms with Crippen molar-refractivity contribution in [3.8, 4) is 0 Å². The molecule has 0 saturated heterocycles. The summed E-state index contributed by atoms with van der Waals surface area (Å²) in [7, 11) is 0. The minimum atomic E-state index is -0.342. The van der Waals surface area contributed by atoms with Gasteiger partial charge in [-0.25, -0.2) is 0 Å². The second kappa shape index (κ2) is 7.21. The van der Waals surface area contributed by atoms with E-state index in [4.69, 9.17) is 0 Å². The minimum Gasteiger partial charge on any atom is -0.258 e. The van der Waals surface area contributed by atoms with Crippen LogP contribution in [0.5, 0.6) is 0 Å². The lowest BCUT2D eigenvalue weighted by Crippen LogP contribution is -2.25. The molecule has 0 amide bonds. The molecule has 1 aromatic rings. The first-order chi connectivity index (χ1) is 9.60. The second-order valence-electron chi connectivity index (χ2n) is 5.83. The molecule has 3 nitrogen and oxygen atoms in total.